The highest BCUT2D eigenvalue weighted by Gasteiger charge is 2.55. The molecule has 0 spiro atoms. The maximum atomic E-state index is 2.74. The van der Waals surface area contributed by atoms with Crippen LogP contribution in [-0.4, -0.2) is 13.4 Å². The summed E-state index contributed by atoms with van der Waals surface area (Å²) in [5, 5.41) is 0. The summed E-state index contributed by atoms with van der Waals surface area (Å²) in [6.07, 6.45) is 0. The van der Waals surface area contributed by atoms with E-state index in [2.05, 4.69) is 333 Å². The van der Waals surface area contributed by atoms with Crippen molar-refractivity contribution in [1.82, 2.24) is 0 Å². The summed E-state index contributed by atoms with van der Waals surface area (Å²) in [6.45, 7) is -0.297. The predicted molar refractivity (Wildman–Crippen MR) is 384 cm³/mol. The van der Waals surface area contributed by atoms with Gasteiger partial charge in [-0.15, -0.1) is 11.3 Å². The smallest absolute Gasteiger partial charge is 0.252 e. The van der Waals surface area contributed by atoms with Crippen molar-refractivity contribution in [3.63, 3.8) is 0 Å². The van der Waals surface area contributed by atoms with E-state index in [4.69, 9.17) is 0 Å². The first-order chi connectivity index (χ1) is 45.2. The van der Waals surface area contributed by atoms with E-state index < -0.39 is 0 Å². The molecule has 0 unspecified atom stereocenters. The molecule has 13 aromatic carbocycles. The number of hydrogen-bond acceptors (Lipinski definition) is 7. The van der Waals surface area contributed by atoms with Crippen LogP contribution in [0.2, 0.25) is 0 Å². The molecule has 0 N–H and O–H groups in total. The molecular weight excluding hydrogens is 1120 g/mol. The zero-order valence-electron chi connectivity index (χ0n) is 49.1. The van der Waals surface area contributed by atoms with Gasteiger partial charge in [0, 0.05) is 39.7 Å². The molecule has 0 fully saturated rings. The third-order valence-corrected chi connectivity index (χ3v) is 21.4. The third kappa shape index (κ3) is 6.56. The van der Waals surface area contributed by atoms with Crippen molar-refractivity contribution >= 4 is 160 Å². The molecule has 7 aliphatic heterocycles. The summed E-state index contributed by atoms with van der Waals surface area (Å²) in [5.74, 6) is 0. The van der Waals surface area contributed by atoms with E-state index in [0.717, 1.165) is 39.8 Å². The summed E-state index contributed by atoms with van der Waals surface area (Å²) in [6, 6.07) is 114. The lowest BCUT2D eigenvalue weighted by atomic mass is 9.30. The molecule has 0 saturated carbocycles. The zero-order valence-corrected chi connectivity index (χ0v) is 49.9. The van der Waals surface area contributed by atoms with E-state index >= 15 is 0 Å². The number of fused-ring (bicyclic) bond motifs is 15. The lowest BCUT2D eigenvalue weighted by Crippen LogP contribution is -2.65. The summed E-state index contributed by atoms with van der Waals surface area (Å²) in [4.78, 5) is 18.2. The number of thiophene rings is 1. The lowest BCUT2D eigenvalue weighted by molar-refractivity contribution is 1.16. The maximum absolute atomic E-state index is 2.74. The molecule has 14 aromatic rings. The van der Waals surface area contributed by atoms with Gasteiger partial charge in [-0.25, -0.2) is 0 Å². The Bertz CT molecular complexity index is 5410. The largest absolute Gasteiger partial charge is 0.307 e. The van der Waals surface area contributed by atoms with Crippen molar-refractivity contribution in [3.8, 4) is 43.1 Å². The minimum Gasteiger partial charge on any atom is -0.307 e. The van der Waals surface area contributed by atoms with Crippen molar-refractivity contribution in [1.29, 1.82) is 0 Å². The van der Waals surface area contributed by atoms with Crippen molar-refractivity contribution in [2.75, 3.05) is 29.4 Å². The SMILES string of the molecule is c1ccc(-c2cc3c4c(c2)N(c2ccccc2)c2ccccc2N4c2cccc4c2B3c2ccc3c5c2N4c2c(-c4ccccc4)sc(-c4ccccc4)c2N5c2cccc4c2B3c2ccc(-c3ccccc3)c3c2N4c2ccccc2N3c2ccccc2)cc1. The summed E-state index contributed by atoms with van der Waals surface area (Å²) >= 11 is 1.92. The first kappa shape index (κ1) is 49.5. The fraction of sp³-hybridized carbons (Fsp3) is 0. The number of anilines is 18. The molecule has 1 aromatic heterocycles. The van der Waals surface area contributed by atoms with Crippen LogP contribution in [0.3, 0.4) is 0 Å². The van der Waals surface area contributed by atoms with Gasteiger partial charge >= 0.3 is 0 Å². The van der Waals surface area contributed by atoms with Crippen LogP contribution in [0.15, 0.2) is 303 Å². The molecular formula is C82H50B2N6S. The van der Waals surface area contributed by atoms with Crippen LogP contribution in [0, 0.1) is 0 Å². The van der Waals surface area contributed by atoms with Gasteiger partial charge in [0.15, 0.2) is 0 Å². The Balaban J connectivity index is 0.907. The number of benzene rings is 13. The van der Waals surface area contributed by atoms with Crippen LogP contribution in [0.5, 0.6) is 0 Å². The van der Waals surface area contributed by atoms with E-state index in [0.29, 0.717) is 0 Å². The van der Waals surface area contributed by atoms with Crippen molar-refractivity contribution < 1.29 is 0 Å². The second-order valence-corrected chi connectivity index (χ2v) is 25.7. The first-order valence-electron chi connectivity index (χ1n) is 31.5. The first-order valence-corrected chi connectivity index (χ1v) is 32.3. The van der Waals surface area contributed by atoms with Gasteiger partial charge in [0.1, 0.15) is 0 Å². The molecule has 0 aliphatic carbocycles. The Labute approximate surface area is 532 Å². The third-order valence-electron chi connectivity index (χ3n) is 20.1. The van der Waals surface area contributed by atoms with Crippen LogP contribution in [-0.2, 0) is 0 Å². The Morgan fingerprint density at radius 2 is 0.571 bits per heavy atom. The fourth-order valence-electron chi connectivity index (χ4n) is 16.7. The molecule has 7 aliphatic rings. The molecule has 0 amide bonds. The number of hydrogen-bond donors (Lipinski definition) is 0. The molecule has 0 radical (unpaired) electrons. The van der Waals surface area contributed by atoms with Crippen LogP contribution >= 0.6 is 11.3 Å². The molecule has 91 heavy (non-hydrogen) atoms. The number of para-hydroxylation sites is 6. The average molecular weight is 1170 g/mol. The second kappa shape index (κ2) is 18.5. The highest BCUT2D eigenvalue weighted by molar-refractivity contribution is 7.20. The molecule has 8 heterocycles. The highest BCUT2D eigenvalue weighted by Crippen LogP contribution is 2.67. The van der Waals surface area contributed by atoms with Gasteiger partial charge in [-0.05, 0) is 139 Å². The average Bonchev–Trinajstić information content (AvgIpc) is 1.58. The van der Waals surface area contributed by atoms with Gasteiger partial charge in [-0.1, -0.05) is 224 Å². The van der Waals surface area contributed by atoms with Crippen molar-refractivity contribution in [2.24, 2.45) is 0 Å². The Hall–Kier alpha value is -11.5. The van der Waals surface area contributed by atoms with Gasteiger partial charge in [-0.2, -0.15) is 0 Å². The van der Waals surface area contributed by atoms with E-state index in [1.807, 2.05) is 11.3 Å². The summed E-state index contributed by atoms with van der Waals surface area (Å²) in [7, 11) is 0. The molecule has 0 saturated heterocycles. The summed E-state index contributed by atoms with van der Waals surface area (Å²) < 4.78 is 0. The van der Waals surface area contributed by atoms with Crippen LogP contribution < -0.4 is 62.2 Å². The Kier molecular flexibility index (Phi) is 10.1. The van der Waals surface area contributed by atoms with E-state index in [1.165, 1.54) is 138 Å². The topological polar surface area (TPSA) is 19.4 Å². The Morgan fingerprint density at radius 1 is 0.209 bits per heavy atom. The minimum absolute atomic E-state index is 0.143. The molecule has 0 bridgehead atoms. The number of rotatable bonds is 6. The van der Waals surface area contributed by atoms with Gasteiger partial charge in [0.05, 0.1) is 78.0 Å². The van der Waals surface area contributed by atoms with E-state index in [1.54, 1.807) is 0 Å². The van der Waals surface area contributed by atoms with Gasteiger partial charge in [-0.3, -0.25) is 0 Å². The van der Waals surface area contributed by atoms with Gasteiger partial charge in [0.2, 0.25) is 0 Å². The normalized spacial score (nSPS) is 14.0. The predicted octanol–water partition coefficient (Wildman–Crippen LogP) is 18.5. The van der Waals surface area contributed by atoms with Crippen LogP contribution in [0.1, 0.15) is 0 Å². The van der Waals surface area contributed by atoms with Crippen LogP contribution in [0.4, 0.5) is 102 Å². The number of nitrogens with zero attached hydrogens (tertiary/aromatic N) is 6. The van der Waals surface area contributed by atoms with Crippen LogP contribution in [0.25, 0.3) is 43.1 Å². The maximum Gasteiger partial charge on any atom is 0.252 e. The zero-order chi connectivity index (χ0) is 59.2. The second-order valence-electron chi connectivity index (χ2n) is 24.6. The fourth-order valence-corrected chi connectivity index (χ4v) is 17.9. The molecule has 21 rings (SSSR count). The Morgan fingerprint density at radius 3 is 1.08 bits per heavy atom. The minimum atomic E-state index is -0.154. The van der Waals surface area contributed by atoms with Crippen molar-refractivity contribution in [2.45, 2.75) is 0 Å². The monoisotopic (exact) mass is 1170 g/mol. The van der Waals surface area contributed by atoms with Gasteiger partial charge < -0.3 is 29.4 Å². The van der Waals surface area contributed by atoms with Crippen molar-refractivity contribution in [3.05, 3.63) is 303 Å². The molecule has 6 nitrogen and oxygen atoms in total. The highest BCUT2D eigenvalue weighted by atomic mass is 32.1. The van der Waals surface area contributed by atoms with E-state index in [9.17, 15) is 0 Å². The summed E-state index contributed by atoms with van der Waals surface area (Å²) in [5.41, 5.74) is 36.2. The standard InChI is InChI=1S/C82H50B2N6S/c1-7-25-51(26-8-1)55-49-62-75-71(50-55)85(56-33-15-5-16-34-56)63-37-19-21-39-65(63)87(75)67-41-23-44-70-73(67)84(62)61-48-47-60-77-78(61)90(70)80-79(81(53-29-11-3-12-30-53)91-82(80)54-31-13-4-14-32-54)89(77)69-43-24-42-68-72(69)83(60)59-46-45-58(52-27-9-2-10-28-52)74-76(59)88(68)66-40-22-20-38-64(66)86(74)57-35-17-6-18-36-57/h1-50H. The molecule has 9 heteroatoms. The lowest BCUT2D eigenvalue weighted by Gasteiger charge is -2.53. The molecule has 0 atom stereocenters. The van der Waals surface area contributed by atoms with Gasteiger partial charge in [0.25, 0.3) is 13.4 Å². The quantitative estimate of drug-likeness (QED) is 0.153. The molecule has 420 valence electrons. The van der Waals surface area contributed by atoms with E-state index in [-0.39, 0.29) is 13.4 Å².